The fourth-order valence-electron chi connectivity index (χ4n) is 3.36. The summed E-state index contributed by atoms with van der Waals surface area (Å²) in [5, 5.41) is 31.8. The maximum Gasteiger partial charge on any atom is 0.262 e. The van der Waals surface area contributed by atoms with E-state index in [9.17, 15) is 29.5 Å². The van der Waals surface area contributed by atoms with Crippen LogP contribution >= 0.6 is 23.2 Å². The Kier molecular flexibility index (Phi) is 9.54. The van der Waals surface area contributed by atoms with Crippen molar-refractivity contribution in [3.63, 3.8) is 0 Å². The van der Waals surface area contributed by atoms with Crippen LogP contribution in [-0.2, 0) is 4.79 Å². The number of halogens is 3. The third-order valence-corrected chi connectivity index (χ3v) is 6.12. The third-order valence-electron chi connectivity index (χ3n) is 5.67. The summed E-state index contributed by atoms with van der Waals surface area (Å²) in [4.78, 5) is 25.7. The van der Waals surface area contributed by atoms with Gasteiger partial charge in [0.15, 0.2) is 24.0 Å². The second kappa shape index (κ2) is 12.5. The predicted octanol–water partition coefficient (Wildman–Crippen LogP) is 5.07. The van der Waals surface area contributed by atoms with Gasteiger partial charge in [-0.15, -0.1) is 0 Å². The molecule has 0 aliphatic rings. The Morgan fingerprint density at radius 1 is 1.08 bits per heavy atom. The monoisotopic (exact) mass is 574 g/mol. The lowest BCUT2D eigenvalue weighted by Crippen LogP contribution is -2.40. The molecule has 1 unspecified atom stereocenters. The van der Waals surface area contributed by atoms with Crippen molar-refractivity contribution in [3.05, 3.63) is 86.6 Å². The molecule has 0 aromatic heterocycles. The summed E-state index contributed by atoms with van der Waals surface area (Å²) >= 11 is 12.1. The lowest BCUT2D eigenvalue weighted by molar-refractivity contribution is -0.118. The van der Waals surface area contributed by atoms with Gasteiger partial charge >= 0.3 is 0 Å². The van der Waals surface area contributed by atoms with E-state index in [0.717, 1.165) is 0 Å². The van der Waals surface area contributed by atoms with Crippen LogP contribution in [0.4, 0.5) is 10.1 Å². The normalized spacial score (nSPS) is 11.9. The number of nitrogens with zero attached hydrogens (tertiary/aromatic N) is 1. The minimum absolute atomic E-state index is 0.0541. The van der Waals surface area contributed by atoms with Gasteiger partial charge in [0.2, 0.25) is 0 Å². The summed E-state index contributed by atoms with van der Waals surface area (Å²) in [7, 11) is 0. The summed E-state index contributed by atoms with van der Waals surface area (Å²) in [6, 6.07) is 13.1. The molecule has 204 valence electrons. The van der Waals surface area contributed by atoms with Gasteiger partial charge in [0.05, 0.1) is 22.8 Å². The van der Waals surface area contributed by atoms with Gasteiger partial charge in [0.1, 0.15) is 18.5 Å². The van der Waals surface area contributed by atoms with Crippen LogP contribution in [0.25, 0.3) is 0 Å². The minimum atomic E-state index is -1.43. The van der Waals surface area contributed by atoms with E-state index >= 15 is 0 Å². The van der Waals surface area contributed by atoms with Gasteiger partial charge in [-0.05, 0) is 69.3 Å². The number of carbonyl (C=O) groups excluding carboxylic acids is 2. The van der Waals surface area contributed by atoms with Crippen molar-refractivity contribution in [3.8, 4) is 17.6 Å². The minimum Gasteiger partial charge on any atom is -0.488 e. The fourth-order valence-corrected chi connectivity index (χ4v) is 3.76. The average molecular weight is 575 g/mol. The van der Waals surface area contributed by atoms with Gasteiger partial charge in [-0.25, -0.2) is 4.39 Å². The third kappa shape index (κ3) is 7.68. The van der Waals surface area contributed by atoms with Crippen LogP contribution in [0.5, 0.6) is 11.5 Å². The van der Waals surface area contributed by atoms with E-state index in [4.69, 9.17) is 32.7 Å². The molecule has 1 amide bonds. The number of carbonyl (C=O) groups is 2. The Morgan fingerprint density at radius 2 is 1.77 bits per heavy atom. The van der Waals surface area contributed by atoms with Crippen molar-refractivity contribution in [1.82, 2.24) is 0 Å². The smallest absolute Gasteiger partial charge is 0.262 e. The zero-order valence-corrected chi connectivity index (χ0v) is 22.7. The number of ketones is 1. The molecule has 3 N–H and O–H groups in total. The van der Waals surface area contributed by atoms with E-state index < -0.39 is 35.8 Å². The number of aliphatic hydroxyl groups excluding tert-OH is 1. The average Bonchev–Trinajstić information content (AvgIpc) is 2.88. The molecule has 0 saturated carbocycles. The van der Waals surface area contributed by atoms with Gasteiger partial charge < -0.3 is 25.0 Å². The van der Waals surface area contributed by atoms with Gasteiger partial charge in [0.25, 0.3) is 5.91 Å². The molecule has 1 atom stereocenters. The number of amides is 1. The summed E-state index contributed by atoms with van der Waals surface area (Å²) in [5.41, 5.74) is -0.802. The largest absolute Gasteiger partial charge is 0.488 e. The van der Waals surface area contributed by atoms with Crippen LogP contribution in [0, 0.1) is 24.1 Å². The van der Waals surface area contributed by atoms with Gasteiger partial charge in [0, 0.05) is 26.9 Å². The van der Waals surface area contributed by atoms with Crippen LogP contribution in [0.2, 0.25) is 10.0 Å². The molecule has 3 aromatic rings. The summed E-state index contributed by atoms with van der Waals surface area (Å²) in [5.74, 6) is -1.99. The lowest BCUT2D eigenvalue weighted by atomic mass is 10.0. The molecule has 0 aliphatic heterocycles. The number of ether oxygens (including phenoxy) is 2. The van der Waals surface area contributed by atoms with Crippen LogP contribution in [0.1, 0.15) is 40.9 Å². The predicted molar refractivity (Wildman–Crippen MR) is 144 cm³/mol. The van der Waals surface area contributed by atoms with E-state index in [0.29, 0.717) is 0 Å². The molecule has 0 fully saturated rings. The van der Waals surface area contributed by atoms with Crippen LogP contribution in [0.3, 0.4) is 0 Å². The number of anilines is 1. The number of hydrogen-bond acceptors (Lipinski definition) is 7. The van der Waals surface area contributed by atoms with Gasteiger partial charge in [-0.3, -0.25) is 9.59 Å². The zero-order chi connectivity index (χ0) is 28.9. The SMILES string of the molecule is Cc1c(NC(=O)COc2ccc(Cl)cc2C(=O)c2cc(Cl)cc(C#N)c2)ccc(OCC(O)C(C)(C)O)c1F. The van der Waals surface area contributed by atoms with Crippen molar-refractivity contribution in [2.24, 2.45) is 0 Å². The van der Waals surface area contributed by atoms with Crippen LogP contribution in [-0.4, -0.2) is 46.8 Å². The highest BCUT2D eigenvalue weighted by Crippen LogP contribution is 2.29. The number of benzene rings is 3. The van der Waals surface area contributed by atoms with Gasteiger partial charge in [-0.1, -0.05) is 23.2 Å². The molecule has 8 nitrogen and oxygen atoms in total. The molecule has 11 heteroatoms. The summed E-state index contributed by atoms with van der Waals surface area (Å²) in [6.45, 7) is 3.37. The Morgan fingerprint density at radius 3 is 2.44 bits per heavy atom. The molecule has 39 heavy (non-hydrogen) atoms. The molecule has 0 heterocycles. The first-order valence-corrected chi connectivity index (χ1v) is 12.4. The molecule has 3 rings (SSSR count). The van der Waals surface area contributed by atoms with Crippen LogP contribution in [0.15, 0.2) is 48.5 Å². The molecular weight excluding hydrogens is 550 g/mol. The lowest BCUT2D eigenvalue weighted by Gasteiger charge is -2.24. The number of nitriles is 1. The van der Waals surface area contributed by atoms with Gasteiger partial charge in [-0.2, -0.15) is 5.26 Å². The highest BCUT2D eigenvalue weighted by atomic mass is 35.5. The molecule has 0 radical (unpaired) electrons. The second-order valence-corrected chi connectivity index (χ2v) is 10.1. The van der Waals surface area contributed by atoms with Crippen molar-refractivity contribution in [1.29, 1.82) is 5.26 Å². The number of aliphatic hydroxyl groups is 2. The van der Waals surface area contributed by atoms with Crippen molar-refractivity contribution in [2.75, 3.05) is 18.5 Å². The summed E-state index contributed by atoms with van der Waals surface area (Å²) < 4.78 is 25.7. The molecule has 3 aromatic carbocycles. The molecule has 0 saturated heterocycles. The fraction of sp³-hybridized carbons (Fsp3) is 0.250. The Hall–Kier alpha value is -3.68. The van der Waals surface area contributed by atoms with E-state index in [1.165, 1.54) is 69.3 Å². The molecule has 0 spiro atoms. The Labute approximate surface area is 234 Å². The topological polar surface area (TPSA) is 129 Å². The van der Waals surface area contributed by atoms with E-state index in [1.807, 2.05) is 6.07 Å². The zero-order valence-electron chi connectivity index (χ0n) is 21.2. The molecule has 0 bridgehead atoms. The van der Waals surface area contributed by atoms with Crippen molar-refractivity contribution < 1.29 is 33.7 Å². The van der Waals surface area contributed by atoms with E-state index in [-0.39, 0.29) is 56.1 Å². The van der Waals surface area contributed by atoms with E-state index in [2.05, 4.69) is 5.32 Å². The first-order chi connectivity index (χ1) is 18.3. The number of rotatable bonds is 10. The number of nitrogens with one attached hydrogen (secondary N) is 1. The highest BCUT2D eigenvalue weighted by Gasteiger charge is 2.26. The number of hydrogen-bond donors (Lipinski definition) is 3. The highest BCUT2D eigenvalue weighted by molar-refractivity contribution is 6.32. The molecular formula is C28H25Cl2FN2O6. The summed E-state index contributed by atoms with van der Waals surface area (Å²) in [6.07, 6.45) is -1.24. The molecule has 0 aliphatic carbocycles. The maximum atomic E-state index is 14.8. The maximum absolute atomic E-state index is 14.8. The first-order valence-electron chi connectivity index (χ1n) is 11.6. The van der Waals surface area contributed by atoms with Crippen LogP contribution < -0.4 is 14.8 Å². The Balaban J connectivity index is 1.71. The first kappa shape index (κ1) is 29.9. The van der Waals surface area contributed by atoms with Crippen molar-refractivity contribution >= 4 is 40.6 Å². The second-order valence-electron chi connectivity index (χ2n) is 9.18. The standard InChI is InChI=1S/C28H25Cl2FN2O6/c1-15-21(5-7-23(26(15)31)38-13-24(34)28(2,3)37)33-25(35)14-39-22-6-4-18(29)11-20(22)27(36)17-8-16(12-32)9-19(30)10-17/h4-11,24,34,37H,13-14H2,1-3H3,(H,33,35). The van der Waals surface area contributed by atoms with E-state index in [1.54, 1.807) is 0 Å². The Bertz CT molecular complexity index is 1450. The van der Waals surface area contributed by atoms with Crippen molar-refractivity contribution in [2.45, 2.75) is 32.5 Å². The quantitative estimate of drug-likeness (QED) is 0.288.